The maximum absolute atomic E-state index is 11.8. The number of carbonyl (C=O) groups is 3. The normalized spacial score (nSPS) is 10.9. The van der Waals surface area contributed by atoms with Crippen LogP contribution in [0.1, 0.15) is 25.3 Å². The van der Waals surface area contributed by atoms with Crippen LogP contribution in [0.2, 0.25) is 0 Å². The second kappa shape index (κ2) is 11.8. The second-order valence-corrected chi connectivity index (χ2v) is 5.15. The molecule has 7 heteroatoms. The van der Waals surface area contributed by atoms with Crippen molar-refractivity contribution in [3.05, 3.63) is 48.0 Å². The van der Waals surface area contributed by atoms with Gasteiger partial charge < -0.3 is 20.0 Å². The van der Waals surface area contributed by atoms with Crippen molar-refractivity contribution in [3.63, 3.8) is 0 Å². The molecule has 1 aromatic rings. The zero-order chi connectivity index (χ0) is 17.2. The van der Waals surface area contributed by atoms with E-state index in [9.17, 15) is 19.5 Å². The number of esters is 1. The quantitative estimate of drug-likeness (QED) is 0.229. The van der Waals surface area contributed by atoms with E-state index in [0.29, 0.717) is 6.42 Å². The largest absolute Gasteiger partial charge is 1.00 e. The number of amides is 1. The number of carboxylic acid groups (broad SMARTS) is 1. The van der Waals surface area contributed by atoms with Gasteiger partial charge in [-0.2, -0.15) is 0 Å². The van der Waals surface area contributed by atoms with Crippen LogP contribution in [0.25, 0.3) is 0 Å². The smallest absolute Gasteiger partial charge is 0.548 e. The predicted molar refractivity (Wildman–Crippen MR) is 82.1 cm³/mol. The monoisotopic (exact) mass is 341 g/mol. The van der Waals surface area contributed by atoms with E-state index in [1.165, 1.54) is 6.92 Å². The van der Waals surface area contributed by atoms with Crippen molar-refractivity contribution in [1.29, 1.82) is 0 Å². The SMILES string of the molecule is C=C(C)C(=O)OCCCC(=O)NC(Cc1ccccc1)C(=O)[O-].[Na+]. The standard InChI is InChI=1S/C17H21NO5.Na/c1-12(2)17(22)23-10-6-9-15(19)18-14(16(20)21)11-13-7-4-3-5-8-13;/h3-5,7-8,14H,1,6,9-11H2,2H3,(H,18,19)(H,20,21);/q;+1/p-1. The number of nitrogens with one attached hydrogen (secondary N) is 1. The second-order valence-electron chi connectivity index (χ2n) is 5.15. The van der Waals surface area contributed by atoms with Gasteiger partial charge >= 0.3 is 35.5 Å². The summed E-state index contributed by atoms with van der Waals surface area (Å²) >= 11 is 0. The summed E-state index contributed by atoms with van der Waals surface area (Å²) in [6.07, 6.45) is 0.511. The van der Waals surface area contributed by atoms with Gasteiger partial charge in [-0.3, -0.25) is 4.79 Å². The van der Waals surface area contributed by atoms with Crippen LogP contribution in [0, 0.1) is 0 Å². The number of hydrogen-bond donors (Lipinski definition) is 1. The molecule has 0 aliphatic rings. The fourth-order valence-electron chi connectivity index (χ4n) is 1.83. The number of rotatable bonds is 9. The summed E-state index contributed by atoms with van der Waals surface area (Å²) in [6, 6.07) is 7.86. The number of ether oxygens (including phenoxy) is 1. The van der Waals surface area contributed by atoms with Gasteiger partial charge in [-0.1, -0.05) is 36.9 Å². The minimum atomic E-state index is -1.34. The van der Waals surface area contributed by atoms with Crippen molar-refractivity contribution in [1.82, 2.24) is 5.32 Å². The van der Waals surface area contributed by atoms with Crippen molar-refractivity contribution in [2.24, 2.45) is 0 Å². The molecule has 1 atom stereocenters. The van der Waals surface area contributed by atoms with Gasteiger partial charge in [0.05, 0.1) is 18.6 Å². The van der Waals surface area contributed by atoms with Crippen LogP contribution in [0.3, 0.4) is 0 Å². The molecule has 0 aliphatic heterocycles. The molecule has 24 heavy (non-hydrogen) atoms. The van der Waals surface area contributed by atoms with E-state index in [4.69, 9.17) is 4.74 Å². The molecule has 0 aromatic heterocycles. The summed E-state index contributed by atoms with van der Waals surface area (Å²) < 4.78 is 4.85. The van der Waals surface area contributed by atoms with Crippen LogP contribution in [0.4, 0.5) is 0 Å². The summed E-state index contributed by atoms with van der Waals surface area (Å²) in [5.74, 6) is -2.28. The Balaban J connectivity index is 0.00000529. The minimum Gasteiger partial charge on any atom is -0.548 e. The topological polar surface area (TPSA) is 95.5 Å². The zero-order valence-electron chi connectivity index (χ0n) is 14.0. The number of aliphatic carboxylic acids is 1. The van der Waals surface area contributed by atoms with Gasteiger partial charge in [0, 0.05) is 12.0 Å². The molecule has 1 amide bonds. The molecular weight excluding hydrogens is 321 g/mol. The molecule has 0 bridgehead atoms. The third-order valence-electron chi connectivity index (χ3n) is 3.03. The molecule has 0 radical (unpaired) electrons. The Morgan fingerprint density at radius 2 is 1.88 bits per heavy atom. The van der Waals surface area contributed by atoms with Crippen LogP contribution in [0.15, 0.2) is 42.5 Å². The van der Waals surface area contributed by atoms with Gasteiger partial charge in [-0.25, -0.2) is 4.79 Å². The molecule has 0 aliphatic carbocycles. The summed E-state index contributed by atoms with van der Waals surface area (Å²) in [6.45, 7) is 5.05. The number of hydrogen-bond acceptors (Lipinski definition) is 5. The van der Waals surface area contributed by atoms with E-state index >= 15 is 0 Å². The van der Waals surface area contributed by atoms with Gasteiger partial charge in [-0.05, 0) is 25.3 Å². The Hall–Kier alpha value is -1.63. The molecule has 124 valence electrons. The van der Waals surface area contributed by atoms with Crippen LogP contribution in [-0.2, 0) is 25.5 Å². The Morgan fingerprint density at radius 3 is 2.42 bits per heavy atom. The summed E-state index contributed by atoms with van der Waals surface area (Å²) in [4.78, 5) is 34.0. The predicted octanol–water partition coefficient (Wildman–Crippen LogP) is -2.63. The average Bonchev–Trinajstić information content (AvgIpc) is 2.51. The van der Waals surface area contributed by atoms with Crippen molar-refractivity contribution in [2.75, 3.05) is 6.61 Å². The molecule has 0 heterocycles. The number of carboxylic acids is 1. The number of carbonyl (C=O) groups excluding carboxylic acids is 3. The van der Waals surface area contributed by atoms with Crippen LogP contribution >= 0.6 is 0 Å². The fourth-order valence-corrected chi connectivity index (χ4v) is 1.83. The first kappa shape index (κ1) is 22.4. The van der Waals surface area contributed by atoms with Gasteiger partial charge in [0.25, 0.3) is 0 Å². The van der Waals surface area contributed by atoms with E-state index in [0.717, 1.165) is 5.56 Å². The van der Waals surface area contributed by atoms with Gasteiger partial charge in [0.15, 0.2) is 0 Å². The Morgan fingerprint density at radius 1 is 1.25 bits per heavy atom. The molecule has 0 saturated carbocycles. The van der Waals surface area contributed by atoms with Gasteiger partial charge in [-0.15, -0.1) is 0 Å². The summed E-state index contributed by atoms with van der Waals surface area (Å²) in [7, 11) is 0. The molecule has 1 N–H and O–H groups in total. The van der Waals surface area contributed by atoms with Crippen molar-refractivity contribution in [3.8, 4) is 0 Å². The van der Waals surface area contributed by atoms with E-state index in [1.807, 2.05) is 6.07 Å². The molecule has 1 rings (SSSR count). The Bertz CT molecular complexity index is 574. The van der Waals surface area contributed by atoms with E-state index < -0.39 is 23.9 Å². The molecular formula is C17H20NNaO5. The van der Waals surface area contributed by atoms with E-state index in [1.54, 1.807) is 24.3 Å². The van der Waals surface area contributed by atoms with E-state index in [2.05, 4.69) is 11.9 Å². The first-order valence-electron chi connectivity index (χ1n) is 7.27. The zero-order valence-corrected chi connectivity index (χ0v) is 16.0. The first-order chi connectivity index (χ1) is 10.9. The van der Waals surface area contributed by atoms with Crippen LogP contribution in [-0.4, -0.2) is 30.5 Å². The van der Waals surface area contributed by atoms with Crippen molar-refractivity contribution < 1.29 is 53.8 Å². The summed E-state index contributed by atoms with van der Waals surface area (Å²) in [5.41, 5.74) is 1.08. The molecule has 1 aromatic carbocycles. The third kappa shape index (κ3) is 8.86. The number of benzene rings is 1. The molecule has 6 nitrogen and oxygen atoms in total. The average molecular weight is 341 g/mol. The Kier molecular flexibility index (Phi) is 11.0. The molecule has 1 unspecified atom stereocenters. The maximum Gasteiger partial charge on any atom is 1.00 e. The van der Waals surface area contributed by atoms with Crippen LogP contribution in [0.5, 0.6) is 0 Å². The molecule has 0 fully saturated rings. The minimum absolute atomic E-state index is 0. The van der Waals surface area contributed by atoms with Gasteiger partial charge in [0.2, 0.25) is 5.91 Å². The van der Waals surface area contributed by atoms with Crippen molar-refractivity contribution >= 4 is 17.8 Å². The fraction of sp³-hybridized carbons (Fsp3) is 0.353. The third-order valence-corrected chi connectivity index (χ3v) is 3.03. The molecule has 0 saturated heterocycles. The first-order valence-corrected chi connectivity index (χ1v) is 7.27. The summed E-state index contributed by atoms with van der Waals surface area (Å²) in [5, 5.41) is 13.5. The van der Waals surface area contributed by atoms with Crippen molar-refractivity contribution in [2.45, 2.75) is 32.2 Å². The van der Waals surface area contributed by atoms with E-state index in [-0.39, 0.29) is 54.6 Å². The van der Waals surface area contributed by atoms with Gasteiger partial charge in [0.1, 0.15) is 0 Å². The molecule has 0 spiro atoms. The van der Waals surface area contributed by atoms with Crippen LogP contribution < -0.4 is 40.0 Å². The Labute approximate surface area is 163 Å². The maximum atomic E-state index is 11.8.